The second kappa shape index (κ2) is 6.96. The van der Waals surface area contributed by atoms with Gasteiger partial charge in [0.25, 0.3) is 0 Å². The fourth-order valence-corrected chi connectivity index (χ4v) is 4.09. The van der Waals surface area contributed by atoms with Crippen LogP contribution in [0, 0.1) is 0 Å². The van der Waals surface area contributed by atoms with E-state index in [-0.39, 0.29) is 17.9 Å². The van der Waals surface area contributed by atoms with E-state index >= 15 is 0 Å². The number of ether oxygens (including phenoxy) is 1. The first-order valence-electron chi connectivity index (χ1n) is 9.19. The van der Waals surface area contributed by atoms with Crippen LogP contribution in [0.4, 0.5) is 0 Å². The summed E-state index contributed by atoms with van der Waals surface area (Å²) in [5.41, 5.74) is 3.05. The summed E-state index contributed by atoms with van der Waals surface area (Å²) in [5.74, 6) is 1.05. The van der Waals surface area contributed by atoms with Gasteiger partial charge in [-0.2, -0.15) is 0 Å². The summed E-state index contributed by atoms with van der Waals surface area (Å²) < 4.78 is 5.26. The first-order chi connectivity index (χ1) is 12.7. The third-order valence-corrected chi connectivity index (χ3v) is 5.53. The van der Waals surface area contributed by atoms with Crippen molar-refractivity contribution in [2.75, 3.05) is 13.7 Å². The molecule has 134 valence electrons. The minimum Gasteiger partial charge on any atom is -0.497 e. The van der Waals surface area contributed by atoms with Gasteiger partial charge < -0.3 is 9.72 Å². The van der Waals surface area contributed by atoms with E-state index in [2.05, 4.69) is 22.0 Å². The van der Waals surface area contributed by atoms with E-state index in [1.54, 1.807) is 7.11 Å². The molecule has 4 heteroatoms. The van der Waals surface area contributed by atoms with Crippen molar-refractivity contribution < 1.29 is 9.53 Å². The number of nitrogens with zero attached hydrogens (tertiary/aromatic N) is 1. The van der Waals surface area contributed by atoms with Gasteiger partial charge in [0.15, 0.2) is 5.78 Å². The number of aromatic nitrogens is 1. The number of ketones is 1. The summed E-state index contributed by atoms with van der Waals surface area (Å²) in [5, 5.41) is 1.00. The van der Waals surface area contributed by atoms with Gasteiger partial charge in [0.1, 0.15) is 5.75 Å². The number of aromatic amines is 1. The predicted molar refractivity (Wildman–Crippen MR) is 104 cm³/mol. The third kappa shape index (κ3) is 2.90. The quantitative estimate of drug-likeness (QED) is 0.686. The third-order valence-electron chi connectivity index (χ3n) is 5.53. The molecule has 0 saturated carbocycles. The molecular weight excluding hydrogens is 324 g/mol. The summed E-state index contributed by atoms with van der Waals surface area (Å²) in [6.45, 7) is 2.98. The van der Waals surface area contributed by atoms with Crippen molar-refractivity contribution in [2.45, 2.75) is 31.8 Å². The van der Waals surface area contributed by atoms with Gasteiger partial charge in [-0.05, 0) is 50.1 Å². The predicted octanol–water partition coefficient (Wildman–Crippen LogP) is 4.58. The molecule has 4 rings (SSSR count). The number of methoxy groups -OCH3 is 1. The molecule has 3 aromatic rings. The molecule has 0 spiro atoms. The second-order valence-electron chi connectivity index (χ2n) is 6.96. The number of para-hydroxylation sites is 1. The molecule has 1 aromatic heterocycles. The molecule has 1 aliphatic heterocycles. The molecule has 0 aliphatic carbocycles. The van der Waals surface area contributed by atoms with Gasteiger partial charge in [0, 0.05) is 28.7 Å². The van der Waals surface area contributed by atoms with E-state index in [1.165, 1.54) is 5.56 Å². The van der Waals surface area contributed by atoms with Crippen molar-refractivity contribution in [2.24, 2.45) is 0 Å². The lowest BCUT2D eigenvalue weighted by Gasteiger charge is -2.30. The lowest BCUT2D eigenvalue weighted by molar-refractivity contribution is 0.0821. The van der Waals surface area contributed by atoms with Crippen molar-refractivity contribution >= 4 is 16.7 Å². The van der Waals surface area contributed by atoms with Crippen molar-refractivity contribution in [3.63, 3.8) is 0 Å². The lowest BCUT2D eigenvalue weighted by Crippen LogP contribution is -2.38. The number of Topliss-reactive ketones (excluding diaryl/α,β-unsaturated/α-hetero) is 1. The number of hydrogen-bond acceptors (Lipinski definition) is 3. The average molecular weight is 348 g/mol. The minimum absolute atomic E-state index is 0.149. The number of carbonyl (C=O) groups is 1. The number of fused-ring (bicyclic) bond motifs is 1. The van der Waals surface area contributed by atoms with E-state index in [9.17, 15) is 4.79 Å². The summed E-state index contributed by atoms with van der Waals surface area (Å²) in [7, 11) is 1.68. The van der Waals surface area contributed by atoms with Crippen LogP contribution >= 0.6 is 0 Å². The van der Waals surface area contributed by atoms with Gasteiger partial charge in [0.05, 0.1) is 13.2 Å². The standard InChI is InChI=1S/C22H24N2O2/c1-15(22(25)19-14-23-20-7-4-3-6-18(19)20)24-13-5-8-21(24)16-9-11-17(26-2)12-10-16/h3-4,6-7,9-12,14-15,21,23H,5,8,13H2,1-2H3. The highest BCUT2D eigenvalue weighted by Gasteiger charge is 2.33. The number of rotatable bonds is 5. The van der Waals surface area contributed by atoms with Gasteiger partial charge in [-0.3, -0.25) is 9.69 Å². The Labute approximate surface area is 153 Å². The van der Waals surface area contributed by atoms with E-state index in [0.717, 1.165) is 41.6 Å². The Morgan fingerprint density at radius 2 is 1.96 bits per heavy atom. The maximum atomic E-state index is 13.2. The molecule has 1 saturated heterocycles. The molecule has 2 atom stereocenters. The zero-order valence-corrected chi connectivity index (χ0v) is 15.2. The molecule has 0 bridgehead atoms. The number of hydrogen-bond donors (Lipinski definition) is 1. The molecule has 0 radical (unpaired) electrons. The highest BCUT2D eigenvalue weighted by Crippen LogP contribution is 2.35. The molecule has 2 heterocycles. The Hall–Kier alpha value is -2.59. The Kier molecular flexibility index (Phi) is 4.51. The Balaban J connectivity index is 1.59. The molecule has 1 aliphatic rings. The van der Waals surface area contributed by atoms with Gasteiger partial charge in [-0.25, -0.2) is 0 Å². The Morgan fingerprint density at radius 3 is 2.73 bits per heavy atom. The van der Waals surface area contributed by atoms with Crippen molar-refractivity contribution in [3.8, 4) is 5.75 Å². The summed E-state index contributed by atoms with van der Waals surface area (Å²) in [6.07, 6.45) is 4.04. The number of nitrogens with one attached hydrogen (secondary N) is 1. The number of likely N-dealkylation sites (tertiary alicyclic amines) is 1. The number of H-pyrrole nitrogens is 1. The maximum absolute atomic E-state index is 13.2. The lowest BCUT2D eigenvalue weighted by atomic mass is 9.99. The molecule has 1 fully saturated rings. The van der Waals surface area contributed by atoms with E-state index in [0.29, 0.717) is 0 Å². The van der Waals surface area contributed by atoms with Gasteiger partial charge >= 0.3 is 0 Å². The minimum atomic E-state index is -0.149. The second-order valence-corrected chi connectivity index (χ2v) is 6.96. The van der Waals surface area contributed by atoms with Gasteiger partial charge in [-0.15, -0.1) is 0 Å². The highest BCUT2D eigenvalue weighted by atomic mass is 16.5. The van der Waals surface area contributed by atoms with Crippen LogP contribution in [-0.2, 0) is 0 Å². The van der Waals surface area contributed by atoms with Gasteiger partial charge in [0.2, 0.25) is 0 Å². The highest BCUT2D eigenvalue weighted by molar-refractivity contribution is 6.10. The van der Waals surface area contributed by atoms with E-state index < -0.39 is 0 Å². The molecule has 0 amide bonds. The van der Waals surface area contributed by atoms with E-state index in [1.807, 2.05) is 49.5 Å². The largest absolute Gasteiger partial charge is 0.497 e. The van der Waals surface area contributed by atoms with Crippen molar-refractivity contribution in [3.05, 3.63) is 65.9 Å². The molecule has 4 nitrogen and oxygen atoms in total. The van der Waals surface area contributed by atoms with Crippen molar-refractivity contribution in [1.82, 2.24) is 9.88 Å². The van der Waals surface area contributed by atoms with Crippen LogP contribution < -0.4 is 4.74 Å². The van der Waals surface area contributed by atoms with Crippen LogP contribution in [0.5, 0.6) is 5.75 Å². The van der Waals surface area contributed by atoms with Crippen LogP contribution in [0.25, 0.3) is 10.9 Å². The first-order valence-corrected chi connectivity index (χ1v) is 9.19. The smallest absolute Gasteiger partial charge is 0.181 e. The normalized spacial score (nSPS) is 18.9. The Morgan fingerprint density at radius 1 is 1.19 bits per heavy atom. The number of carbonyl (C=O) groups excluding carboxylic acids is 1. The molecule has 2 aromatic carbocycles. The zero-order valence-electron chi connectivity index (χ0n) is 15.2. The average Bonchev–Trinajstić information content (AvgIpc) is 3.34. The molecule has 1 N–H and O–H groups in total. The topological polar surface area (TPSA) is 45.3 Å². The zero-order chi connectivity index (χ0) is 18.1. The van der Waals surface area contributed by atoms with Crippen molar-refractivity contribution in [1.29, 1.82) is 0 Å². The number of benzene rings is 2. The Bertz CT molecular complexity index is 913. The molecule has 2 unspecified atom stereocenters. The van der Waals surface area contributed by atoms with Crippen LogP contribution in [0.1, 0.15) is 41.7 Å². The maximum Gasteiger partial charge on any atom is 0.181 e. The van der Waals surface area contributed by atoms with Crippen LogP contribution in [0.2, 0.25) is 0 Å². The fourth-order valence-electron chi connectivity index (χ4n) is 4.09. The van der Waals surface area contributed by atoms with Crippen LogP contribution in [0.3, 0.4) is 0 Å². The van der Waals surface area contributed by atoms with Gasteiger partial charge in [-0.1, -0.05) is 30.3 Å². The summed E-state index contributed by atoms with van der Waals surface area (Å²) >= 11 is 0. The molecular formula is C22H24N2O2. The SMILES string of the molecule is COc1ccc(C2CCCN2C(C)C(=O)c2c[nH]c3ccccc23)cc1. The summed E-state index contributed by atoms with van der Waals surface area (Å²) in [6, 6.07) is 16.3. The fraction of sp³-hybridized carbons (Fsp3) is 0.318. The monoisotopic (exact) mass is 348 g/mol. The summed E-state index contributed by atoms with van der Waals surface area (Å²) in [4.78, 5) is 18.8. The van der Waals surface area contributed by atoms with Crippen LogP contribution in [-0.4, -0.2) is 35.4 Å². The van der Waals surface area contributed by atoms with E-state index in [4.69, 9.17) is 4.74 Å². The van der Waals surface area contributed by atoms with Crippen LogP contribution in [0.15, 0.2) is 54.7 Å². The first kappa shape index (κ1) is 16.9. The molecule has 26 heavy (non-hydrogen) atoms.